The second kappa shape index (κ2) is 32.1. The molecule has 2 unspecified atom stereocenters. The van der Waals surface area contributed by atoms with Gasteiger partial charge in [0.25, 0.3) is 18.9 Å². The van der Waals surface area contributed by atoms with Gasteiger partial charge in [-0.25, -0.2) is 4.79 Å². The predicted molar refractivity (Wildman–Crippen MR) is 242 cm³/mol. The molecule has 1 aliphatic rings. The van der Waals surface area contributed by atoms with Gasteiger partial charge in [-0.1, -0.05) is 47.6 Å². The molecule has 23 heteroatoms. The topological polar surface area (TPSA) is 305 Å². The van der Waals surface area contributed by atoms with Crippen molar-refractivity contribution in [3.05, 3.63) is 81.7 Å². The number of carbonyl (C=O) groups is 8. The number of benzene rings is 2. The molecule has 0 spiro atoms. The Bertz CT molecular complexity index is 1920. The highest BCUT2D eigenvalue weighted by Crippen LogP contribution is 2.12. The van der Waals surface area contributed by atoms with Crippen LogP contribution in [-0.2, 0) is 56.0 Å². The number of rotatable bonds is 29. The molecule has 366 valence electrons. The molecule has 1 aliphatic heterocycles. The minimum Gasteiger partial charge on any atom is -0.480 e. The van der Waals surface area contributed by atoms with E-state index in [0.29, 0.717) is 111 Å². The second-order valence-corrected chi connectivity index (χ2v) is 15.8. The quantitative estimate of drug-likeness (QED) is 0.0213. The maximum atomic E-state index is 13.6. The molecule has 0 radical (unpaired) electrons. The number of nitrogens with zero attached hydrogens (tertiary/aromatic N) is 7. The molecular weight excluding hydrogens is 875 g/mol. The maximum Gasteiger partial charge on any atom is 0.326 e. The lowest BCUT2D eigenvalue weighted by Gasteiger charge is -2.33. The highest BCUT2D eigenvalue weighted by Gasteiger charge is 2.25. The van der Waals surface area contributed by atoms with Gasteiger partial charge in [0.15, 0.2) is 0 Å². The van der Waals surface area contributed by atoms with Crippen LogP contribution >= 0.6 is 0 Å². The number of aliphatic carboxylic acids is 2. The van der Waals surface area contributed by atoms with Gasteiger partial charge in [-0.2, -0.15) is 0 Å². The average Bonchev–Trinajstić information content (AvgIpc) is 3.31. The summed E-state index contributed by atoms with van der Waals surface area (Å²) in [5.74, 6) is -4.35. The Hall–Kier alpha value is -6.65. The summed E-state index contributed by atoms with van der Waals surface area (Å²) in [7, 11) is 0. The Balaban J connectivity index is 1.60. The summed E-state index contributed by atoms with van der Waals surface area (Å²) in [6, 6.07) is 13.4. The lowest BCUT2D eigenvalue weighted by atomic mass is 10.0. The third-order valence-electron chi connectivity index (χ3n) is 10.7. The van der Waals surface area contributed by atoms with Gasteiger partial charge in [-0.15, -0.1) is 0 Å². The van der Waals surface area contributed by atoms with E-state index in [1.807, 2.05) is 20.8 Å². The van der Waals surface area contributed by atoms with Crippen molar-refractivity contribution in [2.24, 2.45) is 5.11 Å². The Kier molecular flexibility index (Phi) is 26.2. The van der Waals surface area contributed by atoms with Gasteiger partial charge in [0.2, 0.25) is 17.7 Å². The Labute approximate surface area is 389 Å². The standard InChI is InChI=1S/C44H63N11O12/c45-51-48-17-7-5-11-39(58)46-16-6-4-10-37(44(64)65)49-40(59)27-47-43(63)38(26-34-8-2-1-3-9-34)50-42(62)36-14-12-35(13-15-36)28-52-18-19-53(29-41(60)61)21-23-55(31-67-33-57)25-24-54(22-20-52)30-66-32-56/h1-3,8-9,12-15,32-33,37-38H,4-7,10-11,16-31H2,(H,46,58)(H,47,63)(H,49,59)(H,50,62)(H,60,61)(H,64,65). The molecule has 2 atom stereocenters. The van der Waals surface area contributed by atoms with Gasteiger partial charge in [-0.05, 0) is 60.9 Å². The van der Waals surface area contributed by atoms with Crippen LogP contribution in [0.1, 0.15) is 60.0 Å². The monoisotopic (exact) mass is 937 g/mol. The van der Waals surface area contributed by atoms with E-state index >= 15 is 0 Å². The van der Waals surface area contributed by atoms with Crippen molar-refractivity contribution in [1.29, 1.82) is 0 Å². The van der Waals surface area contributed by atoms with E-state index in [9.17, 15) is 48.6 Å². The van der Waals surface area contributed by atoms with Crippen molar-refractivity contribution in [3.8, 4) is 0 Å². The zero-order valence-corrected chi connectivity index (χ0v) is 37.7. The summed E-state index contributed by atoms with van der Waals surface area (Å²) in [5.41, 5.74) is 10.2. The van der Waals surface area contributed by atoms with Crippen LogP contribution in [0.25, 0.3) is 10.4 Å². The van der Waals surface area contributed by atoms with E-state index in [2.05, 4.69) is 36.2 Å². The zero-order chi connectivity index (χ0) is 48.7. The molecule has 2 aromatic rings. The Morgan fingerprint density at radius 2 is 1.31 bits per heavy atom. The number of unbranched alkanes of at least 4 members (excludes halogenated alkanes) is 2. The molecular formula is C44H63N11O12. The summed E-state index contributed by atoms with van der Waals surface area (Å²) in [4.78, 5) is 108. The number of azide groups is 1. The van der Waals surface area contributed by atoms with E-state index in [4.69, 9.17) is 15.0 Å². The SMILES string of the molecule is [N-]=[N+]=NCCCCC(=O)NCCCCC(NC(=O)CNC(=O)C(Cc1ccccc1)NC(=O)c1ccc(CN2CCN(COC=O)CCN(COC=O)CCN(CC(=O)O)CC2)cc1)C(=O)O. The smallest absolute Gasteiger partial charge is 0.326 e. The number of hydrogen-bond donors (Lipinski definition) is 6. The summed E-state index contributed by atoms with van der Waals surface area (Å²) in [6.07, 6.45) is 2.47. The van der Waals surface area contributed by atoms with E-state index in [1.165, 1.54) is 0 Å². The minimum absolute atomic E-state index is 0.0302. The highest BCUT2D eigenvalue weighted by molar-refractivity contribution is 5.98. The first-order chi connectivity index (χ1) is 32.4. The predicted octanol–water partition coefficient (Wildman–Crippen LogP) is 0.548. The first-order valence-corrected chi connectivity index (χ1v) is 22.1. The van der Waals surface area contributed by atoms with E-state index in [1.54, 1.807) is 48.5 Å². The third-order valence-corrected chi connectivity index (χ3v) is 10.7. The highest BCUT2D eigenvalue weighted by atomic mass is 16.5. The molecule has 6 N–H and O–H groups in total. The van der Waals surface area contributed by atoms with Crippen LogP contribution in [0, 0.1) is 0 Å². The zero-order valence-electron chi connectivity index (χ0n) is 37.7. The fourth-order valence-corrected chi connectivity index (χ4v) is 7.03. The molecule has 0 bridgehead atoms. The molecule has 0 saturated carbocycles. The fraction of sp³-hybridized carbons (Fsp3) is 0.545. The number of carboxylic acid groups (broad SMARTS) is 2. The Morgan fingerprint density at radius 3 is 1.90 bits per heavy atom. The van der Waals surface area contributed by atoms with E-state index in [-0.39, 0.29) is 50.7 Å². The average molecular weight is 938 g/mol. The summed E-state index contributed by atoms with van der Waals surface area (Å²) in [5, 5.41) is 33.2. The van der Waals surface area contributed by atoms with Crippen molar-refractivity contribution < 1.29 is 58.0 Å². The molecule has 2 aromatic carbocycles. The van der Waals surface area contributed by atoms with Crippen LogP contribution in [-0.4, -0.2) is 182 Å². The second-order valence-electron chi connectivity index (χ2n) is 15.8. The van der Waals surface area contributed by atoms with Gasteiger partial charge in [0.1, 0.15) is 25.5 Å². The molecule has 23 nitrogen and oxygen atoms in total. The molecule has 67 heavy (non-hydrogen) atoms. The maximum absolute atomic E-state index is 13.6. The lowest BCUT2D eigenvalue weighted by molar-refractivity contribution is -0.142. The largest absolute Gasteiger partial charge is 0.480 e. The van der Waals surface area contributed by atoms with Crippen LogP contribution in [0.4, 0.5) is 0 Å². The van der Waals surface area contributed by atoms with Gasteiger partial charge in [-0.3, -0.25) is 53.2 Å². The molecule has 1 heterocycles. The number of nitrogens with one attached hydrogen (secondary N) is 4. The van der Waals surface area contributed by atoms with Crippen LogP contribution in [0.2, 0.25) is 0 Å². The first-order valence-electron chi connectivity index (χ1n) is 22.1. The number of ether oxygens (including phenoxy) is 2. The molecule has 0 aliphatic carbocycles. The van der Waals surface area contributed by atoms with Crippen molar-refractivity contribution in [3.63, 3.8) is 0 Å². The number of hydrogen-bond acceptors (Lipinski definition) is 15. The number of carbonyl (C=O) groups excluding carboxylic acids is 6. The number of carboxylic acids is 2. The van der Waals surface area contributed by atoms with Crippen molar-refractivity contribution in [2.75, 3.05) is 92.0 Å². The molecule has 1 fully saturated rings. The third kappa shape index (κ3) is 23.4. The summed E-state index contributed by atoms with van der Waals surface area (Å²) in [6.45, 7) is 4.84. The first kappa shape index (κ1) is 54.7. The summed E-state index contributed by atoms with van der Waals surface area (Å²) >= 11 is 0. The van der Waals surface area contributed by atoms with Crippen LogP contribution < -0.4 is 21.3 Å². The summed E-state index contributed by atoms with van der Waals surface area (Å²) < 4.78 is 10.0. The van der Waals surface area contributed by atoms with Crippen LogP contribution in [0.15, 0.2) is 59.7 Å². The normalized spacial score (nSPS) is 15.2. The van der Waals surface area contributed by atoms with Crippen LogP contribution in [0.5, 0.6) is 0 Å². The molecule has 4 amide bonds. The minimum atomic E-state index is -1.26. The van der Waals surface area contributed by atoms with E-state index < -0.39 is 48.3 Å². The number of amides is 4. The van der Waals surface area contributed by atoms with Crippen molar-refractivity contribution in [1.82, 2.24) is 40.9 Å². The van der Waals surface area contributed by atoms with Gasteiger partial charge < -0.3 is 41.0 Å². The lowest BCUT2D eigenvalue weighted by Crippen LogP contribution is -2.51. The van der Waals surface area contributed by atoms with Crippen molar-refractivity contribution in [2.45, 2.75) is 63.6 Å². The molecule has 3 rings (SSSR count). The van der Waals surface area contributed by atoms with Gasteiger partial charge in [0, 0.05) is 95.3 Å². The fourth-order valence-electron chi connectivity index (χ4n) is 7.03. The van der Waals surface area contributed by atoms with Gasteiger partial charge in [0.05, 0.1) is 13.1 Å². The molecule has 0 aromatic heterocycles. The molecule has 1 saturated heterocycles. The van der Waals surface area contributed by atoms with Crippen molar-refractivity contribution >= 4 is 48.5 Å². The Morgan fingerprint density at radius 1 is 0.701 bits per heavy atom. The van der Waals surface area contributed by atoms with Crippen LogP contribution in [0.3, 0.4) is 0 Å². The van der Waals surface area contributed by atoms with E-state index in [0.717, 1.165) is 11.1 Å². The van der Waals surface area contributed by atoms with Gasteiger partial charge >= 0.3 is 11.9 Å².